The van der Waals surface area contributed by atoms with Crippen molar-refractivity contribution in [2.24, 2.45) is 0 Å². The molecule has 0 N–H and O–H groups in total. The molecule has 14 aromatic carbocycles. The summed E-state index contributed by atoms with van der Waals surface area (Å²) in [5.41, 5.74) is 11.0. The van der Waals surface area contributed by atoms with Crippen molar-refractivity contribution in [3.05, 3.63) is 538 Å². The van der Waals surface area contributed by atoms with Gasteiger partial charge >= 0.3 is 0 Å². The van der Waals surface area contributed by atoms with E-state index in [-0.39, 0.29) is 0 Å². The topological polar surface area (TPSA) is 258 Å². The first-order valence-corrected chi connectivity index (χ1v) is 44.2. The maximum Gasteiger partial charge on any atom is 0.119 e. The summed E-state index contributed by atoms with van der Waals surface area (Å²) in [4.78, 5) is 80.3. The molecule has 0 saturated heterocycles. The van der Waals surface area contributed by atoms with Gasteiger partial charge in [0.05, 0.1) is 60.7 Å². The Kier molecular flexibility index (Phi) is 33.4. The third kappa shape index (κ3) is 26.9. The van der Waals surface area contributed by atoms with Crippen molar-refractivity contribution in [2.75, 3.05) is 0 Å². The zero-order valence-corrected chi connectivity index (χ0v) is 74.8. The Morgan fingerprint density at radius 2 is 0.391 bits per heavy atom. The minimum atomic E-state index is 0.949. The highest BCUT2D eigenvalue weighted by Crippen LogP contribution is 2.28. The second-order valence-electron chi connectivity index (χ2n) is 30.1. The van der Waals surface area contributed by atoms with Gasteiger partial charge in [0.1, 0.15) is 25.3 Å². The fourth-order valence-electron chi connectivity index (χ4n) is 14.4. The number of fused-ring (bicyclic) bond motifs is 17. The number of para-hydroxylation sites is 3. The van der Waals surface area contributed by atoms with E-state index in [1.54, 1.807) is 92.8 Å². The number of benzene rings is 14. The normalized spacial score (nSPS) is 10.2. The largest absolute Gasteiger partial charge is 0.265 e. The number of nitrogens with zero attached hydrogens (tertiary/aromatic N) is 20. The SMILES string of the molecule is c1ccc2c(c1)ccc1cccnc12.c1ccc2cc3ccccc3cc2c1.c1ccc2cc3ncccc3cc2c1.c1ccc2cc3nccnc3cc2c1.c1ccc2cnccc2c1.c1ccc2ncccc2c1.c1ccc2nccnc2c1.c1ccncc1.c1cnc2c(c1)ccc1cccnc12.c1cnc2cc3cccnc3cc2c1.c1cnccn1.c1cncnc1.c1ncncn1. The summed E-state index contributed by atoms with van der Waals surface area (Å²) in [7, 11) is 0. The molecule has 0 spiro atoms. The van der Waals surface area contributed by atoms with Crippen LogP contribution in [0.4, 0.5) is 0 Å². The fraction of sp³-hybridized carbons (Fsp3) is 0. The number of hydrogen-bond donors (Lipinski definition) is 0. The summed E-state index contributed by atoms with van der Waals surface area (Å²) < 4.78 is 0. The lowest BCUT2D eigenvalue weighted by Gasteiger charge is -2.01. The molecular weight excluding hydrogens is 1700 g/mol. The number of aromatic nitrogens is 20. The molecule has 20 nitrogen and oxygen atoms in total. The fourth-order valence-corrected chi connectivity index (χ4v) is 14.4. The molecule has 0 aliphatic heterocycles. The van der Waals surface area contributed by atoms with Crippen LogP contribution in [0.3, 0.4) is 0 Å². The zero-order valence-electron chi connectivity index (χ0n) is 74.8. The molecule has 0 aliphatic carbocycles. The van der Waals surface area contributed by atoms with Gasteiger partial charge in [-0.15, -0.1) is 0 Å². The highest BCUT2D eigenvalue weighted by atomic mass is 14.9. The van der Waals surface area contributed by atoms with Crippen molar-refractivity contribution in [3.8, 4) is 0 Å². The van der Waals surface area contributed by atoms with E-state index in [2.05, 4.69) is 342 Å². The molecule has 20 heteroatoms. The summed E-state index contributed by atoms with van der Waals surface area (Å²) in [6.45, 7) is 0. The van der Waals surface area contributed by atoms with E-state index in [1.165, 1.54) is 106 Å². The lowest BCUT2D eigenvalue weighted by molar-refractivity contribution is 1.05. The Hall–Kier alpha value is -19.3. The van der Waals surface area contributed by atoms with E-state index in [0.717, 1.165) is 82.2 Å². The van der Waals surface area contributed by atoms with Crippen LogP contribution in [0.15, 0.2) is 538 Å². The molecule has 138 heavy (non-hydrogen) atoms. The van der Waals surface area contributed by atoms with Crippen LogP contribution in [-0.4, -0.2) is 99.7 Å². The lowest BCUT2D eigenvalue weighted by Crippen LogP contribution is -1.83. The maximum absolute atomic E-state index is 4.41. The monoisotopic (exact) mass is 1780 g/mol. The van der Waals surface area contributed by atoms with E-state index in [0.29, 0.717) is 0 Å². The van der Waals surface area contributed by atoms with Gasteiger partial charge in [-0.05, 0) is 193 Å². The summed E-state index contributed by atoms with van der Waals surface area (Å²) in [5, 5.41) is 23.3. The molecule has 0 atom stereocenters. The molecule has 0 aliphatic rings. The highest BCUT2D eigenvalue weighted by molar-refractivity contribution is 6.06. The highest BCUT2D eigenvalue weighted by Gasteiger charge is 2.05. The minimum absolute atomic E-state index is 0.949. The van der Waals surface area contributed by atoms with E-state index in [9.17, 15) is 0 Å². The summed E-state index contributed by atoms with van der Waals surface area (Å²) in [6.07, 6.45) is 42.5. The van der Waals surface area contributed by atoms with Crippen molar-refractivity contribution < 1.29 is 0 Å². The van der Waals surface area contributed by atoms with Gasteiger partial charge < -0.3 is 0 Å². The van der Waals surface area contributed by atoms with Gasteiger partial charge in [0.2, 0.25) is 0 Å². The Morgan fingerprint density at radius 3 is 0.783 bits per heavy atom. The third-order valence-electron chi connectivity index (χ3n) is 20.9. The Labute approximate surface area is 795 Å². The van der Waals surface area contributed by atoms with E-state index >= 15 is 0 Å². The van der Waals surface area contributed by atoms with Gasteiger partial charge in [-0.25, -0.2) is 24.9 Å². The standard InChI is InChI=1S/C14H10.2C13H9N.3C12H8N2.2C9H7N.C8H6N2.C5H5N.2C4H4N2.C3H3N3/c1-2-6-12-10-14-8-4-3-7-13(14)9-11(12)5-1;1-2-6-12-10(4-1)7-8-11-5-3-9-14-13(11)12;1-2-5-11-9-13-12(6-3-7-14-13)8-10(11)4-1;1-3-9-5-6-10-4-2-8-14-12(10)11(9)13-7-1;1-3-9-7-12-10(4-2-6-14-12)8-11(9)13-5-1;1-2-4-10-8-12-11(7-9(10)3-1)13-5-6-14-12;1-2-6-9-8(4-1)5-3-7-10-9;1-2-4-9-7-10-6-5-8(9)3-1;1-2-4-8-7(3-1)9-5-6-10-8;1-2-4-6-5-3-1;1-2-6-4-3-5-1;1-2-5-4-6-3-1;1-4-2-6-3-5-1/h1-10H;2*1-9H;3*1-8H;2*1-7H;1-6H;1-5H;2*1-4H;1-3H. The molecule has 0 saturated carbocycles. The van der Waals surface area contributed by atoms with E-state index in [1.807, 2.05) is 177 Å². The number of pyridine rings is 9. The van der Waals surface area contributed by atoms with Crippen LogP contribution in [0.1, 0.15) is 0 Å². The summed E-state index contributed by atoms with van der Waals surface area (Å²) in [5.74, 6) is 0. The van der Waals surface area contributed by atoms with Gasteiger partial charge in [-0.1, -0.05) is 249 Å². The van der Waals surface area contributed by atoms with Crippen LogP contribution in [-0.2, 0) is 0 Å². The predicted octanol–water partition coefficient (Wildman–Crippen LogP) is 27.1. The van der Waals surface area contributed by atoms with Gasteiger partial charge in [0, 0.05) is 173 Å². The smallest absolute Gasteiger partial charge is 0.119 e. The maximum atomic E-state index is 4.41. The average molecular weight is 1790 g/mol. The van der Waals surface area contributed by atoms with Crippen molar-refractivity contribution in [1.82, 2.24) is 99.7 Å². The second kappa shape index (κ2) is 50.2. The quantitative estimate of drug-likeness (QED) is 0.101. The summed E-state index contributed by atoms with van der Waals surface area (Å²) in [6, 6.07) is 129. The predicted molar refractivity (Wildman–Crippen MR) is 562 cm³/mol. The summed E-state index contributed by atoms with van der Waals surface area (Å²) >= 11 is 0. The van der Waals surface area contributed by atoms with Gasteiger partial charge in [0.25, 0.3) is 0 Å². The number of hydrogen-bond acceptors (Lipinski definition) is 20. The lowest BCUT2D eigenvalue weighted by atomic mass is 10.0. The molecule has 0 radical (unpaired) electrons. The van der Waals surface area contributed by atoms with Crippen molar-refractivity contribution in [2.45, 2.75) is 0 Å². The van der Waals surface area contributed by atoms with E-state index < -0.39 is 0 Å². The molecular formula is C118H88N20. The van der Waals surface area contributed by atoms with E-state index in [4.69, 9.17) is 0 Å². The molecule has 0 bridgehead atoms. The Balaban J connectivity index is 0.000000109. The zero-order chi connectivity index (χ0) is 93.7. The van der Waals surface area contributed by atoms with Crippen molar-refractivity contribution in [1.29, 1.82) is 0 Å². The third-order valence-corrected chi connectivity index (χ3v) is 20.9. The molecule has 14 heterocycles. The minimum Gasteiger partial charge on any atom is -0.265 e. The van der Waals surface area contributed by atoms with Gasteiger partial charge in [-0.2, -0.15) is 0 Å². The first kappa shape index (κ1) is 92.0. The first-order valence-electron chi connectivity index (χ1n) is 44.2. The molecule has 0 unspecified atom stereocenters. The molecule has 660 valence electrons. The molecule has 14 aromatic heterocycles. The van der Waals surface area contributed by atoms with Crippen LogP contribution in [0, 0.1) is 0 Å². The molecule has 0 fully saturated rings. The van der Waals surface area contributed by atoms with Gasteiger partial charge in [-0.3, -0.25) is 74.8 Å². The molecule has 0 amide bonds. The molecule has 28 rings (SSSR count). The van der Waals surface area contributed by atoms with Crippen LogP contribution >= 0.6 is 0 Å². The van der Waals surface area contributed by atoms with Crippen LogP contribution < -0.4 is 0 Å². The molecule has 28 aromatic rings. The number of rotatable bonds is 0. The van der Waals surface area contributed by atoms with Crippen molar-refractivity contribution >= 4 is 163 Å². The Bertz CT molecular complexity index is 6890. The van der Waals surface area contributed by atoms with Gasteiger partial charge in [0.15, 0.2) is 0 Å². The first-order chi connectivity index (χ1) is 68.5. The van der Waals surface area contributed by atoms with Crippen LogP contribution in [0.25, 0.3) is 163 Å². The average Bonchev–Trinajstić information content (AvgIpc) is 0.812. The van der Waals surface area contributed by atoms with Crippen LogP contribution in [0.5, 0.6) is 0 Å². The van der Waals surface area contributed by atoms with Crippen LogP contribution in [0.2, 0.25) is 0 Å². The Morgan fingerprint density at radius 1 is 0.109 bits per heavy atom. The second-order valence-corrected chi connectivity index (χ2v) is 30.1. The van der Waals surface area contributed by atoms with Crippen molar-refractivity contribution in [3.63, 3.8) is 0 Å².